The Kier molecular flexibility index (Phi) is 3.89. The van der Waals surface area contributed by atoms with Crippen molar-refractivity contribution < 1.29 is 0 Å². The smallest absolute Gasteiger partial charge is 0.182 e. The Morgan fingerprint density at radius 2 is 1.86 bits per heavy atom. The fourth-order valence-corrected chi connectivity index (χ4v) is 2.74. The number of aryl methyl sites for hydroxylation is 1. The number of nitrogens with zero attached hydrogens (tertiary/aromatic N) is 1. The molecular weight excluding hydrogens is 323 g/mol. The molecule has 0 aliphatic carbocycles. The summed E-state index contributed by atoms with van der Waals surface area (Å²) in [6.07, 6.45) is 1.97. The van der Waals surface area contributed by atoms with Gasteiger partial charge in [-0.05, 0) is 49.0 Å². The van der Waals surface area contributed by atoms with Crippen LogP contribution in [0.5, 0.6) is 0 Å². The van der Waals surface area contributed by atoms with Crippen molar-refractivity contribution in [3.05, 3.63) is 69.0 Å². The number of aromatic nitrogens is 2. The fraction of sp³-hybridized carbons (Fsp3) is 0.0625. The number of aromatic amines is 1. The van der Waals surface area contributed by atoms with Crippen molar-refractivity contribution in [3.63, 3.8) is 0 Å². The third-order valence-electron chi connectivity index (χ3n) is 3.23. The topological polar surface area (TPSA) is 20.7 Å². The maximum absolute atomic E-state index is 6.07. The molecule has 0 amide bonds. The van der Waals surface area contributed by atoms with Gasteiger partial charge in [0.25, 0.3) is 0 Å². The third kappa shape index (κ3) is 2.91. The zero-order chi connectivity index (χ0) is 15.0. The van der Waals surface area contributed by atoms with Gasteiger partial charge < -0.3 is 4.98 Å². The van der Waals surface area contributed by atoms with E-state index in [9.17, 15) is 0 Å². The Labute approximate surface area is 138 Å². The molecule has 0 radical (unpaired) electrons. The highest BCUT2D eigenvalue weighted by Crippen LogP contribution is 2.26. The number of nitrogens with one attached hydrogen (secondary N) is 1. The summed E-state index contributed by atoms with van der Waals surface area (Å²) < 4.78 is 2.50. The zero-order valence-electron chi connectivity index (χ0n) is 11.2. The second kappa shape index (κ2) is 5.68. The van der Waals surface area contributed by atoms with E-state index in [1.807, 2.05) is 29.0 Å². The van der Waals surface area contributed by atoms with Crippen LogP contribution in [-0.2, 0) is 0 Å². The van der Waals surface area contributed by atoms with Gasteiger partial charge in [-0.3, -0.25) is 4.57 Å². The molecule has 5 heteroatoms. The summed E-state index contributed by atoms with van der Waals surface area (Å²) in [5, 5.41) is 1.04. The molecule has 0 atom stereocenters. The van der Waals surface area contributed by atoms with Gasteiger partial charge in [-0.25, -0.2) is 0 Å². The molecule has 0 saturated carbocycles. The minimum absolute atomic E-state index is 0.509. The number of rotatable bonds is 2. The van der Waals surface area contributed by atoms with Gasteiger partial charge in [-0.15, -0.1) is 0 Å². The monoisotopic (exact) mass is 334 g/mol. The fourth-order valence-electron chi connectivity index (χ4n) is 2.18. The van der Waals surface area contributed by atoms with Crippen molar-refractivity contribution in [2.45, 2.75) is 6.92 Å². The number of benzene rings is 2. The average Bonchev–Trinajstić information content (AvgIpc) is 2.84. The third-order valence-corrected chi connectivity index (χ3v) is 4.27. The second-order valence-electron chi connectivity index (χ2n) is 4.81. The lowest BCUT2D eigenvalue weighted by atomic mass is 10.1. The summed E-state index contributed by atoms with van der Waals surface area (Å²) in [5.74, 6) is 0. The SMILES string of the molecule is Cc1cccc(-c2cn(-c3ccc(Cl)c(Cl)c3)c(=S)[nH]2)c1. The summed E-state index contributed by atoms with van der Waals surface area (Å²) in [6, 6.07) is 13.7. The van der Waals surface area contributed by atoms with Crippen molar-refractivity contribution >= 4 is 35.4 Å². The Bertz CT molecular complexity index is 865. The van der Waals surface area contributed by atoms with Crippen LogP contribution in [0.2, 0.25) is 10.0 Å². The Balaban J connectivity index is 2.09. The molecule has 0 spiro atoms. The number of imidazole rings is 1. The average molecular weight is 335 g/mol. The predicted octanol–water partition coefficient (Wildman–Crippen LogP) is 5.82. The maximum atomic E-state index is 6.07. The second-order valence-corrected chi connectivity index (χ2v) is 6.01. The van der Waals surface area contributed by atoms with Crippen LogP contribution in [0.15, 0.2) is 48.7 Å². The largest absolute Gasteiger partial charge is 0.330 e. The minimum Gasteiger partial charge on any atom is -0.330 e. The number of hydrogen-bond acceptors (Lipinski definition) is 1. The van der Waals surface area contributed by atoms with Gasteiger partial charge in [-0.1, -0.05) is 47.0 Å². The molecule has 0 unspecified atom stereocenters. The van der Waals surface area contributed by atoms with Gasteiger partial charge in [-0.2, -0.15) is 0 Å². The van der Waals surface area contributed by atoms with Gasteiger partial charge in [0.05, 0.1) is 15.7 Å². The number of hydrogen-bond donors (Lipinski definition) is 1. The standard InChI is InChI=1S/C16H12Cl2N2S/c1-10-3-2-4-11(7-10)15-9-20(16(21)19-15)12-5-6-13(17)14(18)8-12/h2-9H,1H3,(H,19,21). The first-order valence-corrected chi connectivity index (χ1v) is 7.55. The normalized spacial score (nSPS) is 10.8. The van der Waals surface area contributed by atoms with Crippen molar-refractivity contribution in [1.82, 2.24) is 9.55 Å². The Hall–Kier alpha value is -1.55. The molecule has 0 aliphatic heterocycles. The Morgan fingerprint density at radius 1 is 1.05 bits per heavy atom. The lowest BCUT2D eigenvalue weighted by Gasteiger charge is -2.03. The van der Waals surface area contributed by atoms with Crippen molar-refractivity contribution in [3.8, 4) is 16.9 Å². The summed E-state index contributed by atoms with van der Waals surface area (Å²) in [4.78, 5) is 3.22. The Morgan fingerprint density at radius 3 is 2.57 bits per heavy atom. The van der Waals surface area contributed by atoms with Crippen LogP contribution < -0.4 is 0 Å². The van der Waals surface area contributed by atoms with E-state index in [0.29, 0.717) is 14.8 Å². The summed E-state index contributed by atoms with van der Waals surface area (Å²) in [6.45, 7) is 2.06. The minimum atomic E-state index is 0.509. The van der Waals surface area contributed by atoms with Gasteiger partial charge in [0.1, 0.15) is 0 Å². The molecule has 1 heterocycles. The van der Waals surface area contributed by atoms with E-state index in [1.165, 1.54) is 5.56 Å². The van der Waals surface area contributed by atoms with E-state index in [0.717, 1.165) is 16.9 Å². The van der Waals surface area contributed by atoms with Crippen molar-refractivity contribution in [1.29, 1.82) is 0 Å². The molecule has 0 fully saturated rings. The quantitative estimate of drug-likeness (QED) is 0.586. The first-order valence-electron chi connectivity index (χ1n) is 6.39. The molecule has 3 aromatic rings. The van der Waals surface area contributed by atoms with Gasteiger partial charge >= 0.3 is 0 Å². The van der Waals surface area contributed by atoms with Gasteiger partial charge in [0, 0.05) is 11.9 Å². The highest BCUT2D eigenvalue weighted by Gasteiger charge is 2.07. The van der Waals surface area contributed by atoms with Crippen LogP contribution in [0.1, 0.15) is 5.56 Å². The molecular formula is C16H12Cl2N2S. The molecule has 21 heavy (non-hydrogen) atoms. The molecule has 2 nitrogen and oxygen atoms in total. The first kappa shape index (κ1) is 14.4. The summed E-state index contributed by atoms with van der Waals surface area (Å²) >= 11 is 17.4. The maximum Gasteiger partial charge on any atom is 0.182 e. The molecule has 0 bridgehead atoms. The predicted molar refractivity (Wildman–Crippen MR) is 91.1 cm³/mol. The van der Waals surface area contributed by atoms with Gasteiger partial charge in [0.15, 0.2) is 4.77 Å². The summed E-state index contributed by atoms with van der Waals surface area (Å²) in [5.41, 5.74) is 4.15. The molecule has 106 valence electrons. The highest BCUT2D eigenvalue weighted by molar-refractivity contribution is 7.71. The molecule has 1 N–H and O–H groups in total. The molecule has 1 aromatic heterocycles. The van der Waals surface area contributed by atoms with Crippen molar-refractivity contribution in [2.75, 3.05) is 0 Å². The van der Waals surface area contributed by atoms with Crippen LogP contribution in [0.4, 0.5) is 0 Å². The van der Waals surface area contributed by atoms with E-state index in [4.69, 9.17) is 35.4 Å². The lowest BCUT2D eigenvalue weighted by Crippen LogP contribution is -1.91. The van der Waals surface area contributed by atoms with Gasteiger partial charge in [0.2, 0.25) is 0 Å². The van der Waals surface area contributed by atoms with Crippen molar-refractivity contribution in [2.24, 2.45) is 0 Å². The van der Waals surface area contributed by atoms with Crippen LogP contribution in [0, 0.1) is 11.7 Å². The van der Waals surface area contributed by atoms with E-state index >= 15 is 0 Å². The number of H-pyrrole nitrogens is 1. The molecule has 3 rings (SSSR count). The molecule has 0 saturated heterocycles. The van der Waals surface area contributed by atoms with Crippen LogP contribution in [0.25, 0.3) is 16.9 Å². The van der Waals surface area contributed by atoms with E-state index in [1.54, 1.807) is 12.1 Å². The van der Waals surface area contributed by atoms with E-state index in [2.05, 4.69) is 24.0 Å². The van der Waals surface area contributed by atoms with E-state index < -0.39 is 0 Å². The lowest BCUT2D eigenvalue weighted by molar-refractivity contribution is 1.03. The zero-order valence-corrected chi connectivity index (χ0v) is 13.6. The molecule has 0 aliphatic rings. The van der Waals surface area contributed by atoms with Crippen LogP contribution in [-0.4, -0.2) is 9.55 Å². The van der Waals surface area contributed by atoms with Crippen LogP contribution in [0.3, 0.4) is 0 Å². The van der Waals surface area contributed by atoms with E-state index in [-0.39, 0.29) is 0 Å². The first-order chi connectivity index (χ1) is 10.0. The summed E-state index contributed by atoms with van der Waals surface area (Å²) in [7, 11) is 0. The number of halogens is 2. The van der Waals surface area contributed by atoms with Crippen LogP contribution >= 0.6 is 35.4 Å². The highest BCUT2D eigenvalue weighted by atomic mass is 35.5. The molecule has 2 aromatic carbocycles.